The number of fused-ring (bicyclic) bond motifs is 1. The first-order valence-electron chi connectivity index (χ1n) is 8.24. The van der Waals surface area contributed by atoms with Crippen LogP contribution in [0.25, 0.3) is 10.9 Å². The minimum Gasteiger partial charge on any atom is -0.366 e. The van der Waals surface area contributed by atoms with Gasteiger partial charge in [-0.1, -0.05) is 0 Å². The van der Waals surface area contributed by atoms with Gasteiger partial charge >= 0.3 is 0 Å². The third-order valence-corrected chi connectivity index (χ3v) is 5.37. The smallest absolute Gasteiger partial charge is 0.248 e. The molecule has 6 heteroatoms. The summed E-state index contributed by atoms with van der Waals surface area (Å²) >= 11 is 1.90. The molecule has 0 radical (unpaired) electrons. The number of H-pyrrole nitrogens is 1. The second-order valence-electron chi connectivity index (χ2n) is 6.48. The molecule has 1 fully saturated rings. The van der Waals surface area contributed by atoms with Gasteiger partial charge in [0.1, 0.15) is 0 Å². The van der Waals surface area contributed by atoms with E-state index in [9.17, 15) is 9.59 Å². The molecule has 1 atom stereocenters. The number of carbonyl (C=O) groups excluding carboxylic acids is 1. The van der Waals surface area contributed by atoms with Crippen molar-refractivity contribution in [3.8, 4) is 0 Å². The summed E-state index contributed by atoms with van der Waals surface area (Å²) in [6.07, 6.45) is 4.66. The van der Waals surface area contributed by atoms with Crippen molar-refractivity contribution < 1.29 is 4.79 Å². The molecule has 0 unspecified atom stereocenters. The van der Waals surface area contributed by atoms with Crippen LogP contribution in [0.3, 0.4) is 0 Å². The number of hydrogen-bond donors (Lipinski definition) is 2. The highest BCUT2D eigenvalue weighted by Gasteiger charge is 2.20. The third kappa shape index (κ3) is 3.82. The number of thioether (sulfide) groups is 1. The van der Waals surface area contributed by atoms with Crippen molar-refractivity contribution in [2.45, 2.75) is 19.4 Å². The molecule has 3 rings (SSSR count). The van der Waals surface area contributed by atoms with Crippen molar-refractivity contribution in [3.05, 3.63) is 45.7 Å². The lowest BCUT2D eigenvalue weighted by Gasteiger charge is -2.32. The highest BCUT2D eigenvalue weighted by atomic mass is 32.2. The van der Waals surface area contributed by atoms with Crippen molar-refractivity contribution in [2.24, 2.45) is 11.7 Å². The molecular formula is C18H23N3O2S. The van der Waals surface area contributed by atoms with Crippen LogP contribution in [0.2, 0.25) is 0 Å². The van der Waals surface area contributed by atoms with Crippen molar-refractivity contribution in [3.63, 3.8) is 0 Å². The number of piperidine rings is 1. The molecule has 1 aromatic heterocycles. The lowest BCUT2D eigenvalue weighted by molar-refractivity contribution is 0.100. The number of likely N-dealkylation sites (tertiary alicyclic amines) is 1. The van der Waals surface area contributed by atoms with Gasteiger partial charge in [-0.2, -0.15) is 11.8 Å². The first-order valence-corrected chi connectivity index (χ1v) is 9.63. The summed E-state index contributed by atoms with van der Waals surface area (Å²) in [6.45, 7) is 2.92. The zero-order valence-electron chi connectivity index (χ0n) is 13.9. The first kappa shape index (κ1) is 17.0. The van der Waals surface area contributed by atoms with Gasteiger partial charge in [-0.15, -0.1) is 0 Å². The van der Waals surface area contributed by atoms with E-state index in [1.54, 1.807) is 24.3 Å². The van der Waals surface area contributed by atoms with E-state index in [1.807, 2.05) is 11.8 Å². The number of nitrogens with zero attached hydrogens (tertiary/aromatic N) is 1. The maximum atomic E-state index is 12.4. The summed E-state index contributed by atoms with van der Waals surface area (Å²) in [5.41, 5.74) is 7.25. The largest absolute Gasteiger partial charge is 0.366 e. The summed E-state index contributed by atoms with van der Waals surface area (Å²) in [5.74, 6) is 1.41. The van der Waals surface area contributed by atoms with Crippen LogP contribution in [0.15, 0.2) is 29.1 Å². The van der Waals surface area contributed by atoms with Crippen LogP contribution in [-0.2, 0) is 6.54 Å². The number of nitrogens with two attached hydrogens (primary N) is 1. The van der Waals surface area contributed by atoms with E-state index in [1.165, 1.54) is 18.6 Å². The van der Waals surface area contributed by atoms with Gasteiger partial charge in [0.15, 0.2) is 5.43 Å². The number of primary amides is 1. The third-order valence-electron chi connectivity index (χ3n) is 4.57. The lowest BCUT2D eigenvalue weighted by atomic mass is 10.00. The monoisotopic (exact) mass is 345 g/mol. The molecule has 0 aliphatic carbocycles. The summed E-state index contributed by atoms with van der Waals surface area (Å²) in [6, 6.07) is 6.62. The first-order chi connectivity index (χ1) is 11.6. The van der Waals surface area contributed by atoms with Gasteiger partial charge in [0.25, 0.3) is 0 Å². The standard InChI is InChI=1S/C18H23N3O2S/c1-24-11-12-3-2-6-21(9-12)10-14-8-17(22)15-7-13(18(19)23)4-5-16(15)20-14/h4-5,7-8,12H,2-3,6,9-11H2,1H3,(H2,19,23)(H,20,22)/t12-/m0/s1. The number of pyridine rings is 1. The Morgan fingerprint density at radius 3 is 3.00 bits per heavy atom. The van der Waals surface area contributed by atoms with Gasteiger partial charge in [0.05, 0.1) is 0 Å². The van der Waals surface area contributed by atoms with Gasteiger partial charge in [-0.25, -0.2) is 0 Å². The summed E-state index contributed by atoms with van der Waals surface area (Å²) in [5, 5.41) is 0.508. The van der Waals surface area contributed by atoms with Crippen molar-refractivity contribution >= 4 is 28.6 Å². The number of nitrogens with one attached hydrogen (secondary N) is 1. The number of benzene rings is 1. The zero-order chi connectivity index (χ0) is 17.1. The van der Waals surface area contributed by atoms with Gasteiger partial charge in [0.2, 0.25) is 5.91 Å². The normalized spacial score (nSPS) is 18.8. The Labute approximate surface area is 145 Å². The predicted octanol–water partition coefficient (Wildman–Crippen LogP) is 2.20. The van der Waals surface area contributed by atoms with Crippen molar-refractivity contribution in [1.82, 2.24) is 9.88 Å². The highest BCUT2D eigenvalue weighted by molar-refractivity contribution is 7.98. The molecule has 1 aromatic carbocycles. The van der Waals surface area contributed by atoms with Gasteiger partial charge in [-0.3, -0.25) is 14.5 Å². The molecule has 1 saturated heterocycles. The van der Waals surface area contributed by atoms with Crippen LogP contribution in [0.1, 0.15) is 28.9 Å². The van der Waals surface area contributed by atoms with E-state index in [2.05, 4.69) is 16.1 Å². The topological polar surface area (TPSA) is 79.2 Å². The van der Waals surface area contributed by atoms with Crippen LogP contribution < -0.4 is 11.2 Å². The van der Waals surface area contributed by atoms with Gasteiger partial charge in [-0.05, 0) is 55.5 Å². The van der Waals surface area contributed by atoms with E-state index in [4.69, 9.17) is 5.73 Å². The van der Waals surface area contributed by atoms with E-state index in [-0.39, 0.29) is 5.43 Å². The molecule has 24 heavy (non-hydrogen) atoms. The average molecular weight is 345 g/mol. The number of hydrogen-bond acceptors (Lipinski definition) is 4. The van der Waals surface area contributed by atoms with E-state index in [0.29, 0.717) is 10.9 Å². The molecule has 3 N–H and O–H groups in total. The molecule has 1 aliphatic rings. The van der Waals surface area contributed by atoms with Gasteiger partial charge < -0.3 is 10.7 Å². The maximum Gasteiger partial charge on any atom is 0.248 e. The fourth-order valence-corrected chi connectivity index (χ4v) is 4.19. The van der Waals surface area contributed by atoms with E-state index < -0.39 is 5.91 Å². The van der Waals surface area contributed by atoms with Crippen LogP contribution in [0.4, 0.5) is 0 Å². The van der Waals surface area contributed by atoms with Crippen LogP contribution >= 0.6 is 11.8 Å². The Kier molecular flexibility index (Phi) is 5.26. The van der Waals surface area contributed by atoms with E-state index >= 15 is 0 Å². The molecule has 128 valence electrons. The Hall–Kier alpha value is -1.79. The molecule has 2 heterocycles. The Bertz CT molecular complexity index is 800. The number of rotatable bonds is 5. The number of carbonyl (C=O) groups is 1. The number of aromatic amines is 1. The minimum absolute atomic E-state index is 0.0699. The molecular weight excluding hydrogens is 322 g/mol. The SMILES string of the molecule is CSC[C@H]1CCCN(Cc2cc(=O)c3cc(C(N)=O)ccc3[nH]2)C1. The fraction of sp³-hybridized carbons (Fsp3) is 0.444. The fourth-order valence-electron chi connectivity index (χ4n) is 3.45. The Morgan fingerprint density at radius 1 is 1.42 bits per heavy atom. The Balaban J connectivity index is 1.82. The van der Waals surface area contributed by atoms with Crippen molar-refractivity contribution in [1.29, 1.82) is 0 Å². The zero-order valence-corrected chi connectivity index (χ0v) is 14.7. The average Bonchev–Trinajstić information content (AvgIpc) is 2.55. The molecule has 5 nitrogen and oxygen atoms in total. The second kappa shape index (κ2) is 7.40. The minimum atomic E-state index is -0.520. The highest BCUT2D eigenvalue weighted by Crippen LogP contribution is 2.21. The van der Waals surface area contributed by atoms with Crippen molar-refractivity contribution in [2.75, 3.05) is 25.1 Å². The Morgan fingerprint density at radius 2 is 2.25 bits per heavy atom. The van der Waals surface area contributed by atoms with Crippen LogP contribution in [0.5, 0.6) is 0 Å². The number of amides is 1. The lowest BCUT2D eigenvalue weighted by Crippen LogP contribution is -2.36. The van der Waals surface area contributed by atoms with Crippen LogP contribution in [0, 0.1) is 5.92 Å². The van der Waals surface area contributed by atoms with E-state index in [0.717, 1.165) is 36.8 Å². The summed E-state index contributed by atoms with van der Waals surface area (Å²) < 4.78 is 0. The molecule has 2 aromatic rings. The molecule has 1 aliphatic heterocycles. The molecule has 0 bridgehead atoms. The van der Waals surface area contributed by atoms with Crippen LogP contribution in [-0.4, -0.2) is 40.9 Å². The summed E-state index contributed by atoms with van der Waals surface area (Å²) in [4.78, 5) is 29.4. The molecule has 1 amide bonds. The predicted molar refractivity (Wildman–Crippen MR) is 99.5 cm³/mol. The quantitative estimate of drug-likeness (QED) is 0.871. The molecule has 0 spiro atoms. The maximum absolute atomic E-state index is 12.4. The number of aromatic nitrogens is 1. The molecule has 0 saturated carbocycles. The second-order valence-corrected chi connectivity index (χ2v) is 7.39. The summed E-state index contributed by atoms with van der Waals surface area (Å²) in [7, 11) is 0. The van der Waals surface area contributed by atoms with Gasteiger partial charge in [0, 0.05) is 41.3 Å².